The number of rotatable bonds is 3. The minimum Gasteiger partial charge on any atom is -0.481 e. The SMILES string of the molecule is CC1(C(=O)O)CCC1C[Si](F)(F)C(C)(C)C. The van der Waals surface area contributed by atoms with Gasteiger partial charge in [0.15, 0.2) is 0 Å². The van der Waals surface area contributed by atoms with Gasteiger partial charge in [-0.25, -0.2) is 0 Å². The summed E-state index contributed by atoms with van der Waals surface area (Å²) in [5.74, 6) is -1.27. The van der Waals surface area contributed by atoms with E-state index in [0.29, 0.717) is 12.8 Å². The third kappa shape index (κ3) is 2.14. The Balaban J connectivity index is 2.73. The molecule has 0 bridgehead atoms. The summed E-state index contributed by atoms with van der Waals surface area (Å²) in [5, 5.41) is 8.06. The van der Waals surface area contributed by atoms with Crippen molar-refractivity contribution < 1.29 is 18.1 Å². The Hall–Kier alpha value is -0.453. The van der Waals surface area contributed by atoms with Crippen molar-refractivity contribution in [1.29, 1.82) is 0 Å². The Bertz CT molecular complexity index is 299. The molecule has 2 unspecified atom stereocenters. The van der Waals surface area contributed by atoms with Crippen molar-refractivity contribution in [3.8, 4) is 0 Å². The Kier molecular flexibility index (Phi) is 3.22. The number of hydrogen-bond donors (Lipinski definition) is 1. The van der Waals surface area contributed by atoms with Gasteiger partial charge >= 0.3 is 14.7 Å². The van der Waals surface area contributed by atoms with Crippen molar-refractivity contribution in [3.63, 3.8) is 0 Å². The van der Waals surface area contributed by atoms with Gasteiger partial charge in [-0.15, -0.1) is 0 Å². The molecule has 1 fully saturated rings. The monoisotopic (exact) mass is 250 g/mol. The lowest BCUT2D eigenvalue weighted by molar-refractivity contribution is -0.158. The Morgan fingerprint density at radius 3 is 2.25 bits per heavy atom. The van der Waals surface area contributed by atoms with E-state index < -0.39 is 25.2 Å². The van der Waals surface area contributed by atoms with Gasteiger partial charge in [-0.05, 0) is 25.7 Å². The molecule has 1 rings (SSSR count). The normalized spacial score (nSPS) is 31.0. The van der Waals surface area contributed by atoms with Crippen LogP contribution in [0.2, 0.25) is 11.1 Å². The topological polar surface area (TPSA) is 37.3 Å². The zero-order valence-electron chi connectivity index (χ0n) is 10.3. The molecule has 1 aliphatic carbocycles. The molecule has 94 valence electrons. The molecule has 0 amide bonds. The highest BCUT2D eigenvalue weighted by molar-refractivity contribution is 6.69. The molecule has 2 nitrogen and oxygen atoms in total. The van der Waals surface area contributed by atoms with Gasteiger partial charge < -0.3 is 5.11 Å². The Labute approximate surface area is 96.4 Å². The largest absolute Gasteiger partial charge is 0.481 e. The summed E-state index contributed by atoms with van der Waals surface area (Å²) >= 11 is 0. The van der Waals surface area contributed by atoms with Crippen molar-refractivity contribution in [2.24, 2.45) is 11.3 Å². The van der Waals surface area contributed by atoms with Crippen LogP contribution < -0.4 is 0 Å². The zero-order valence-corrected chi connectivity index (χ0v) is 11.3. The lowest BCUT2D eigenvalue weighted by atomic mass is 9.62. The summed E-state index contributed by atoms with van der Waals surface area (Å²) in [4.78, 5) is 11.0. The van der Waals surface area contributed by atoms with Gasteiger partial charge in [-0.3, -0.25) is 13.0 Å². The fourth-order valence-electron chi connectivity index (χ4n) is 2.01. The first-order valence-electron chi connectivity index (χ1n) is 5.62. The third-order valence-corrected chi connectivity index (χ3v) is 7.20. The average Bonchev–Trinajstić information content (AvgIpc) is 2.09. The summed E-state index contributed by atoms with van der Waals surface area (Å²) in [6.45, 7) is 6.25. The number of aliphatic carboxylic acids is 1. The number of carboxylic acid groups (broad SMARTS) is 1. The fraction of sp³-hybridized carbons (Fsp3) is 0.909. The third-order valence-electron chi connectivity index (χ3n) is 4.00. The van der Waals surface area contributed by atoms with E-state index in [1.165, 1.54) is 0 Å². The van der Waals surface area contributed by atoms with Crippen LogP contribution in [0, 0.1) is 11.3 Å². The first-order valence-corrected chi connectivity index (χ1v) is 7.58. The average molecular weight is 250 g/mol. The van der Waals surface area contributed by atoms with Gasteiger partial charge in [-0.1, -0.05) is 20.8 Å². The second-order valence-electron chi connectivity index (χ2n) is 6.12. The van der Waals surface area contributed by atoms with Crippen LogP contribution in [-0.2, 0) is 4.79 Å². The van der Waals surface area contributed by atoms with Crippen molar-refractivity contribution >= 4 is 14.7 Å². The van der Waals surface area contributed by atoms with Crippen molar-refractivity contribution in [1.82, 2.24) is 0 Å². The molecular weight excluding hydrogens is 230 g/mol. The standard InChI is InChI=1S/C11H20F2O2Si/c1-10(2,3)16(12,13)7-8-5-6-11(8,4)9(14)15/h8H,5-7H2,1-4H3,(H,14,15). The molecule has 2 atom stereocenters. The maximum absolute atomic E-state index is 14.0. The highest BCUT2D eigenvalue weighted by Gasteiger charge is 2.57. The molecule has 0 spiro atoms. The van der Waals surface area contributed by atoms with Gasteiger partial charge in [-0.2, -0.15) is 0 Å². The first kappa shape index (κ1) is 13.6. The minimum atomic E-state index is -4.34. The Morgan fingerprint density at radius 1 is 1.50 bits per heavy atom. The van der Waals surface area contributed by atoms with E-state index in [0.717, 1.165) is 0 Å². The Morgan fingerprint density at radius 2 is 2.00 bits per heavy atom. The van der Waals surface area contributed by atoms with Gasteiger partial charge in [0.1, 0.15) is 0 Å². The molecule has 1 saturated carbocycles. The summed E-state index contributed by atoms with van der Waals surface area (Å²) in [6.07, 6.45) is 1.16. The summed E-state index contributed by atoms with van der Waals surface area (Å²) in [6, 6.07) is -0.181. The van der Waals surface area contributed by atoms with E-state index in [4.69, 9.17) is 5.11 Å². The molecule has 0 aromatic heterocycles. The van der Waals surface area contributed by atoms with Crippen LogP contribution in [0.25, 0.3) is 0 Å². The molecule has 5 heteroatoms. The van der Waals surface area contributed by atoms with Crippen LogP contribution >= 0.6 is 0 Å². The first-order chi connectivity index (χ1) is 7.01. The van der Waals surface area contributed by atoms with Gasteiger partial charge in [0.05, 0.1) is 5.41 Å². The molecule has 0 radical (unpaired) electrons. The van der Waals surface area contributed by atoms with Crippen molar-refractivity contribution in [2.75, 3.05) is 0 Å². The predicted molar refractivity (Wildman–Crippen MR) is 61.0 cm³/mol. The van der Waals surface area contributed by atoms with Gasteiger partial charge in [0.2, 0.25) is 0 Å². The molecule has 0 heterocycles. The van der Waals surface area contributed by atoms with Crippen LogP contribution in [0.1, 0.15) is 40.5 Å². The summed E-state index contributed by atoms with van der Waals surface area (Å²) < 4.78 is 27.9. The second kappa shape index (κ2) is 3.79. The van der Waals surface area contributed by atoms with Crippen LogP contribution in [0.5, 0.6) is 0 Å². The van der Waals surface area contributed by atoms with Crippen LogP contribution in [-0.4, -0.2) is 19.8 Å². The van der Waals surface area contributed by atoms with Crippen molar-refractivity contribution in [2.45, 2.75) is 51.6 Å². The van der Waals surface area contributed by atoms with Crippen molar-refractivity contribution in [3.05, 3.63) is 0 Å². The molecule has 0 saturated heterocycles. The number of halogens is 2. The molecule has 16 heavy (non-hydrogen) atoms. The van der Waals surface area contributed by atoms with Gasteiger partial charge in [0, 0.05) is 11.1 Å². The maximum Gasteiger partial charge on any atom is 0.430 e. The lowest BCUT2D eigenvalue weighted by Crippen LogP contribution is -2.49. The predicted octanol–water partition coefficient (Wildman–Crippen LogP) is 3.67. The van der Waals surface area contributed by atoms with E-state index >= 15 is 0 Å². The maximum atomic E-state index is 14.0. The highest BCUT2D eigenvalue weighted by atomic mass is 28.4. The van der Waals surface area contributed by atoms with E-state index in [1.807, 2.05) is 0 Å². The van der Waals surface area contributed by atoms with Crippen LogP contribution in [0.15, 0.2) is 0 Å². The highest BCUT2D eigenvalue weighted by Crippen LogP contribution is 2.54. The molecular formula is C11H20F2O2Si. The molecule has 1 N–H and O–H groups in total. The van der Waals surface area contributed by atoms with Crippen LogP contribution in [0.4, 0.5) is 8.22 Å². The lowest BCUT2D eigenvalue weighted by Gasteiger charge is -2.45. The summed E-state index contributed by atoms with van der Waals surface area (Å²) in [7, 11) is -4.34. The zero-order chi connectivity index (χ0) is 12.8. The number of carbonyl (C=O) groups is 1. The number of carboxylic acids is 1. The quantitative estimate of drug-likeness (QED) is 0.613. The molecule has 1 aliphatic rings. The molecule has 0 aromatic carbocycles. The van der Waals surface area contributed by atoms with Crippen LogP contribution in [0.3, 0.4) is 0 Å². The van der Waals surface area contributed by atoms with E-state index in [-0.39, 0.29) is 12.0 Å². The van der Waals surface area contributed by atoms with E-state index in [9.17, 15) is 13.0 Å². The number of hydrogen-bond acceptors (Lipinski definition) is 1. The smallest absolute Gasteiger partial charge is 0.430 e. The second-order valence-corrected chi connectivity index (χ2v) is 9.43. The molecule has 0 aromatic rings. The van der Waals surface area contributed by atoms with E-state index in [2.05, 4.69) is 0 Å². The van der Waals surface area contributed by atoms with E-state index in [1.54, 1.807) is 27.7 Å². The van der Waals surface area contributed by atoms with Gasteiger partial charge in [0.25, 0.3) is 0 Å². The summed E-state index contributed by atoms with van der Waals surface area (Å²) in [5.41, 5.74) is -0.915. The minimum absolute atomic E-state index is 0.181. The fourth-order valence-corrected chi connectivity index (χ4v) is 3.89. The molecule has 0 aliphatic heterocycles.